The van der Waals surface area contributed by atoms with E-state index in [-0.39, 0.29) is 5.75 Å². The van der Waals surface area contributed by atoms with Crippen LogP contribution >= 0.6 is 0 Å². The number of phenolic OH excluding ortho intramolecular Hbond substituents is 1. The summed E-state index contributed by atoms with van der Waals surface area (Å²) < 4.78 is 0. The molecular formula is C10H11NO3. The second kappa shape index (κ2) is 4.09. The van der Waals surface area contributed by atoms with Crippen LogP contribution in [0.25, 0.3) is 0 Å². The quantitative estimate of drug-likeness (QED) is 0.601. The second-order valence-corrected chi connectivity index (χ2v) is 3.06. The average Bonchev–Trinajstić information content (AvgIpc) is 2.20. The fourth-order valence-corrected chi connectivity index (χ4v) is 1.12. The summed E-state index contributed by atoms with van der Waals surface area (Å²) in [6, 6.07) is 5.95. The fraction of sp³-hybridized carbons (Fsp3) is 0.300. The number of nitrogens with zero attached hydrogens (tertiary/aromatic N) is 1. The first-order valence-electron chi connectivity index (χ1n) is 4.11. The molecule has 1 aromatic rings. The summed E-state index contributed by atoms with van der Waals surface area (Å²) in [4.78, 5) is 0. The maximum atomic E-state index is 9.45. The van der Waals surface area contributed by atoms with Crippen LogP contribution in [0.15, 0.2) is 18.2 Å². The summed E-state index contributed by atoms with van der Waals surface area (Å²) in [6.07, 6.45) is -2.68. The highest BCUT2D eigenvalue weighted by Crippen LogP contribution is 2.23. The molecule has 2 unspecified atom stereocenters. The number of aromatic hydroxyl groups is 1. The van der Waals surface area contributed by atoms with E-state index in [1.165, 1.54) is 18.2 Å². The molecule has 0 fully saturated rings. The molecule has 1 aromatic carbocycles. The molecule has 0 amide bonds. The lowest BCUT2D eigenvalue weighted by Gasteiger charge is -2.12. The minimum absolute atomic E-state index is 0.118. The number of aliphatic hydroxyl groups excluding tert-OH is 2. The lowest BCUT2D eigenvalue weighted by atomic mass is 10.0. The summed E-state index contributed by atoms with van der Waals surface area (Å²) >= 11 is 0. The average molecular weight is 193 g/mol. The monoisotopic (exact) mass is 193 g/mol. The van der Waals surface area contributed by atoms with Crippen LogP contribution in [0.2, 0.25) is 0 Å². The van der Waals surface area contributed by atoms with Crippen LogP contribution in [0.4, 0.5) is 0 Å². The third-order valence-electron chi connectivity index (χ3n) is 1.99. The Kier molecular flexibility index (Phi) is 3.07. The Hall–Kier alpha value is -1.57. The Labute approximate surface area is 81.7 Å². The number of hydrogen-bond donors (Lipinski definition) is 3. The zero-order valence-corrected chi connectivity index (χ0v) is 7.68. The molecule has 4 nitrogen and oxygen atoms in total. The van der Waals surface area contributed by atoms with E-state index in [9.17, 15) is 10.2 Å². The van der Waals surface area contributed by atoms with Gasteiger partial charge in [-0.1, -0.05) is 6.07 Å². The van der Waals surface area contributed by atoms with Crippen molar-refractivity contribution in [2.75, 3.05) is 0 Å². The second-order valence-electron chi connectivity index (χ2n) is 3.06. The molecular weight excluding hydrogens is 182 g/mol. The molecule has 14 heavy (non-hydrogen) atoms. The zero-order valence-electron chi connectivity index (χ0n) is 7.68. The Balaban J connectivity index is 2.98. The molecule has 0 aliphatic carbocycles. The Bertz CT molecular complexity index is 370. The maximum absolute atomic E-state index is 9.45. The maximum Gasteiger partial charge on any atom is 0.170 e. The van der Waals surface area contributed by atoms with Crippen molar-refractivity contribution in [3.05, 3.63) is 29.3 Å². The van der Waals surface area contributed by atoms with Gasteiger partial charge in [0, 0.05) is 0 Å². The molecule has 0 spiro atoms. The molecule has 74 valence electrons. The number of nitriles is 1. The number of aliphatic hydroxyl groups is 2. The molecule has 0 aliphatic rings. The normalized spacial score (nSPS) is 14.4. The summed E-state index contributed by atoms with van der Waals surface area (Å²) in [5.74, 6) is 0.118. The number of hydrogen-bond acceptors (Lipinski definition) is 4. The number of aryl methyl sites for hydroxylation is 1. The summed E-state index contributed by atoms with van der Waals surface area (Å²) in [7, 11) is 0. The SMILES string of the molecule is Cc1cc(C(O)C(O)C#N)ccc1O. The van der Waals surface area contributed by atoms with E-state index < -0.39 is 12.2 Å². The van der Waals surface area contributed by atoms with Gasteiger partial charge in [-0.25, -0.2) is 0 Å². The molecule has 1 rings (SSSR count). The van der Waals surface area contributed by atoms with Crippen LogP contribution in [0, 0.1) is 18.3 Å². The summed E-state index contributed by atoms with van der Waals surface area (Å²) in [5.41, 5.74) is 1.00. The molecule has 4 heteroatoms. The number of benzene rings is 1. The van der Waals surface area contributed by atoms with Gasteiger partial charge in [-0.05, 0) is 30.2 Å². The lowest BCUT2D eigenvalue weighted by molar-refractivity contribution is 0.0527. The highest BCUT2D eigenvalue weighted by Gasteiger charge is 2.17. The van der Waals surface area contributed by atoms with Gasteiger partial charge in [0.1, 0.15) is 11.9 Å². The van der Waals surface area contributed by atoms with Crippen molar-refractivity contribution in [1.82, 2.24) is 0 Å². The molecule has 2 atom stereocenters. The van der Waals surface area contributed by atoms with Crippen molar-refractivity contribution in [2.45, 2.75) is 19.1 Å². The third-order valence-corrected chi connectivity index (χ3v) is 1.99. The standard InChI is InChI=1S/C10H11NO3/c1-6-4-7(2-3-8(6)12)10(14)9(13)5-11/h2-4,9-10,12-14H,1H3. The van der Waals surface area contributed by atoms with Gasteiger partial charge in [0.15, 0.2) is 6.10 Å². The van der Waals surface area contributed by atoms with Crippen molar-refractivity contribution in [3.8, 4) is 11.8 Å². The van der Waals surface area contributed by atoms with Crippen LogP contribution in [0.1, 0.15) is 17.2 Å². The van der Waals surface area contributed by atoms with Gasteiger partial charge in [0.05, 0.1) is 6.07 Å². The van der Waals surface area contributed by atoms with Gasteiger partial charge in [-0.15, -0.1) is 0 Å². The summed E-state index contributed by atoms with van der Waals surface area (Å²) in [6.45, 7) is 1.67. The van der Waals surface area contributed by atoms with E-state index in [2.05, 4.69) is 0 Å². The van der Waals surface area contributed by atoms with Crippen LogP contribution in [-0.4, -0.2) is 21.4 Å². The van der Waals surface area contributed by atoms with Crippen molar-refractivity contribution >= 4 is 0 Å². The Morgan fingerprint density at radius 2 is 2.00 bits per heavy atom. The molecule has 3 N–H and O–H groups in total. The van der Waals surface area contributed by atoms with Gasteiger partial charge in [-0.3, -0.25) is 0 Å². The minimum Gasteiger partial charge on any atom is -0.508 e. The van der Waals surface area contributed by atoms with Crippen molar-refractivity contribution in [2.24, 2.45) is 0 Å². The van der Waals surface area contributed by atoms with Gasteiger partial charge >= 0.3 is 0 Å². The van der Waals surface area contributed by atoms with E-state index in [1.807, 2.05) is 0 Å². The molecule has 0 aromatic heterocycles. The van der Waals surface area contributed by atoms with E-state index in [0.717, 1.165) is 0 Å². The Morgan fingerprint density at radius 3 is 2.50 bits per heavy atom. The van der Waals surface area contributed by atoms with E-state index in [4.69, 9.17) is 10.4 Å². The zero-order chi connectivity index (χ0) is 10.7. The predicted molar refractivity (Wildman–Crippen MR) is 49.4 cm³/mol. The third kappa shape index (κ3) is 2.02. The first-order valence-corrected chi connectivity index (χ1v) is 4.11. The molecule has 0 aliphatic heterocycles. The van der Waals surface area contributed by atoms with Gasteiger partial charge < -0.3 is 15.3 Å². The number of phenols is 1. The van der Waals surface area contributed by atoms with Gasteiger partial charge in [0.25, 0.3) is 0 Å². The molecule has 0 saturated carbocycles. The molecule has 0 bridgehead atoms. The van der Waals surface area contributed by atoms with E-state index in [0.29, 0.717) is 11.1 Å². The van der Waals surface area contributed by atoms with Gasteiger partial charge in [-0.2, -0.15) is 5.26 Å². The lowest BCUT2D eigenvalue weighted by Crippen LogP contribution is -2.15. The fourth-order valence-electron chi connectivity index (χ4n) is 1.12. The smallest absolute Gasteiger partial charge is 0.170 e. The Morgan fingerprint density at radius 1 is 1.36 bits per heavy atom. The van der Waals surface area contributed by atoms with Crippen molar-refractivity contribution in [1.29, 1.82) is 5.26 Å². The van der Waals surface area contributed by atoms with Crippen molar-refractivity contribution < 1.29 is 15.3 Å². The van der Waals surface area contributed by atoms with E-state index in [1.54, 1.807) is 13.0 Å². The molecule has 0 radical (unpaired) electrons. The molecule has 0 saturated heterocycles. The highest BCUT2D eigenvalue weighted by atomic mass is 16.3. The predicted octanol–water partition coefficient (Wildman–Crippen LogP) is 0.618. The first-order chi connectivity index (χ1) is 6.56. The topological polar surface area (TPSA) is 84.5 Å². The molecule has 0 heterocycles. The highest BCUT2D eigenvalue weighted by molar-refractivity contribution is 5.36. The van der Waals surface area contributed by atoms with E-state index >= 15 is 0 Å². The van der Waals surface area contributed by atoms with Crippen molar-refractivity contribution in [3.63, 3.8) is 0 Å². The largest absolute Gasteiger partial charge is 0.508 e. The number of rotatable bonds is 2. The summed E-state index contributed by atoms with van der Waals surface area (Å²) in [5, 5.41) is 36.1. The van der Waals surface area contributed by atoms with Crippen LogP contribution in [0.3, 0.4) is 0 Å². The van der Waals surface area contributed by atoms with Crippen LogP contribution in [0.5, 0.6) is 5.75 Å². The van der Waals surface area contributed by atoms with Crippen LogP contribution < -0.4 is 0 Å². The first kappa shape index (κ1) is 10.5. The minimum atomic E-state index is -1.45. The van der Waals surface area contributed by atoms with Crippen LogP contribution in [-0.2, 0) is 0 Å². The van der Waals surface area contributed by atoms with Gasteiger partial charge in [0.2, 0.25) is 0 Å².